The largest absolute Gasteiger partial charge is 0.483 e. The van der Waals surface area contributed by atoms with E-state index >= 15 is 0 Å². The Morgan fingerprint density at radius 1 is 1.12 bits per heavy atom. The van der Waals surface area contributed by atoms with Crippen LogP contribution in [0.3, 0.4) is 0 Å². The molecular formula is C23H30F2N4O4S. The Labute approximate surface area is 198 Å². The van der Waals surface area contributed by atoms with E-state index in [2.05, 4.69) is 5.10 Å². The summed E-state index contributed by atoms with van der Waals surface area (Å²) in [6.45, 7) is 6.17. The van der Waals surface area contributed by atoms with Gasteiger partial charge in [-0.15, -0.1) is 0 Å². The zero-order valence-electron chi connectivity index (χ0n) is 19.6. The van der Waals surface area contributed by atoms with Crippen molar-refractivity contribution in [2.75, 3.05) is 31.1 Å². The molecule has 2 heterocycles. The lowest BCUT2D eigenvalue weighted by atomic mass is 10.2. The molecule has 1 aliphatic heterocycles. The monoisotopic (exact) mass is 496 g/mol. The highest BCUT2D eigenvalue weighted by molar-refractivity contribution is 7.90. The molecule has 8 nitrogen and oxygen atoms in total. The highest BCUT2D eigenvalue weighted by Gasteiger charge is 2.38. The first kappa shape index (κ1) is 24.6. The molecule has 1 aliphatic carbocycles. The van der Waals surface area contributed by atoms with Gasteiger partial charge in [-0.1, -0.05) is 6.07 Å². The summed E-state index contributed by atoms with van der Waals surface area (Å²) in [5.41, 5.74) is 0.0974. The molecule has 0 N–H and O–H groups in total. The van der Waals surface area contributed by atoms with Gasteiger partial charge in [0.05, 0.1) is 16.6 Å². The maximum Gasteiger partial charge on any atom is 0.316 e. The molecule has 0 spiro atoms. The van der Waals surface area contributed by atoms with Crippen LogP contribution in [0.1, 0.15) is 40.0 Å². The van der Waals surface area contributed by atoms with Crippen LogP contribution in [0.25, 0.3) is 5.69 Å². The minimum Gasteiger partial charge on any atom is -0.483 e. The number of hydrogen-bond donors (Lipinski definition) is 0. The third-order valence-corrected chi connectivity index (χ3v) is 8.86. The molecule has 2 fully saturated rings. The van der Waals surface area contributed by atoms with E-state index in [1.807, 2.05) is 4.90 Å². The fourth-order valence-electron chi connectivity index (χ4n) is 4.28. The van der Waals surface area contributed by atoms with E-state index in [1.165, 1.54) is 28.7 Å². The van der Waals surface area contributed by atoms with Gasteiger partial charge in [-0.3, -0.25) is 4.79 Å². The highest BCUT2D eigenvalue weighted by Crippen LogP contribution is 2.32. The minimum atomic E-state index is -3.48. The van der Waals surface area contributed by atoms with Gasteiger partial charge >= 0.3 is 5.56 Å². The number of ether oxygens (including phenoxy) is 1. The molecule has 11 heteroatoms. The highest BCUT2D eigenvalue weighted by atomic mass is 32.2. The minimum absolute atomic E-state index is 0.0190. The number of hydrogen-bond acceptors (Lipinski definition) is 6. The molecule has 2 aromatic rings. The molecule has 1 saturated heterocycles. The molecule has 2 atom stereocenters. The lowest BCUT2D eigenvalue weighted by Crippen LogP contribution is -2.53. The van der Waals surface area contributed by atoms with Crippen LogP contribution in [0.5, 0.6) is 5.75 Å². The maximum atomic E-state index is 13.8. The number of alkyl halides is 1. The van der Waals surface area contributed by atoms with E-state index in [0.29, 0.717) is 31.6 Å². The van der Waals surface area contributed by atoms with Gasteiger partial charge in [-0.2, -0.15) is 14.1 Å². The number of nitrogens with zero attached hydrogens (tertiary/aromatic N) is 4. The number of halogens is 2. The van der Waals surface area contributed by atoms with Gasteiger partial charge in [0.2, 0.25) is 15.8 Å². The lowest BCUT2D eigenvalue weighted by Gasteiger charge is -2.38. The van der Waals surface area contributed by atoms with E-state index in [9.17, 15) is 22.0 Å². The fraction of sp³-hybridized carbons (Fsp3) is 0.565. The Morgan fingerprint density at radius 2 is 1.82 bits per heavy atom. The Bertz CT molecular complexity index is 1200. The predicted octanol–water partition coefficient (Wildman–Crippen LogP) is 2.89. The van der Waals surface area contributed by atoms with Crippen LogP contribution in [-0.2, 0) is 10.0 Å². The molecule has 34 heavy (non-hydrogen) atoms. The number of rotatable bonds is 5. The first-order chi connectivity index (χ1) is 16.0. The summed E-state index contributed by atoms with van der Waals surface area (Å²) in [6.07, 6.45) is 1.09. The van der Waals surface area contributed by atoms with E-state index in [4.69, 9.17) is 4.74 Å². The predicted molar refractivity (Wildman–Crippen MR) is 125 cm³/mol. The molecule has 0 bridgehead atoms. The van der Waals surface area contributed by atoms with Crippen LogP contribution in [0.2, 0.25) is 0 Å². The number of piperazine rings is 1. The third-order valence-electron chi connectivity index (χ3n) is 6.27. The van der Waals surface area contributed by atoms with Crippen molar-refractivity contribution in [1.82, 2.24) is 14.1 Å². The van der Waals surface area contributed by atoms with Crippen molar-refractivity contribution >= 4 is 15.7 Å². The molecule has 186 valence electrons. The summed E-state index contributed by atoms with van der Waals surface area (Å²) in [5.74, 6) is -0.490. The normalized spacial score (nSPS) is 22.2. The Morgan fingerprint density at radius 3 is 2.41 bits per heavy atom. The number of anilines is 1. The van der Waals surface area contributed by atoms with Crippen LogP contribution in [0.15, 0.2) is 35.3 Å². The van der Waals surface area contributed by atoms with Crippen LogP contribution >= 0.6 is 0 Å². The SMILES string of the molecule is CC(C)(C)S(=O)(=O)N1CCN(c2cnn(-c3cccc(F)c3)c(=O)c2OC2CCC(F)C2)CC1. The van der Waals surface area contributed by atoms with Crippen molar-refractivity contribution in [2.45, 2.75) is 57.1 Å². The number of aromatic nitrogens is 2. The lowest BCUT2D eigenvalue weighted by molar-refractivity contribution is 0.193. The van der Waals surface area contributed by atoms with Crippen molar-refractivity contribution in [3.63, 3.8) is 0 Å². The Kier molecular flexibility index (Phi) is 6.69. The van der Waals surface area contributed by atoms with Crippen molar-refractivity contribution in [2.24, 2.45) is 0 Å². The summed E-state index contributed by atoms with van der Waals surface area (Å²) in [7, 11) is -3.48. The summed E-state index contributed by atoms with van der Waals surface area (Å²) >= 11 is 0. The molecule has 1 saturated carbocycles. The van der Waals surface area contributed by atoms with E-state index in [1.54, 1.807) is 26.8 Å². The summed E-state index contributed by atoms with van der Waals surface area (Å²) in [6, 6.07) is 5.50. The topological polar surface area (TPSA) is 84.7 Å². The summed E-state index contributed by atoms with van der Waals surface area (Å²) < 4.78 is 60.8. The molecule has 0 amide bonds. The molecule has 2 aliphatic rings. The van der Waals surface area contributed by atoms with Gasteiger partial charge in [-0.05, 0) is 51.8 Å². The van der Waals surface area contributed by atoms with Crippen molar-refractivity contribution in [3.8, 4) is 11.4 Å². The second kappa shape index (κ2) is 9.26. The maximum absolute atomic E-state index is 13.8. The van der Waals surface area contributed by atoms with Gasteiger partial charge < -0.3 is 9.64 Å². The summed E-state index contributed by atoms with van der Waals surface area (Å²) in [4.78, 5) is 15.3. The first-order valence-corrected chi connectivity index (χ1v) is 12.8. The quantitative estimate of drug-likeness (QED) is 0.633. The van der Waals surface area contributed by atoms with Crippen molar-refractivity contribution < 1.29 is 21.9 Å². The van der Waals surface area contributed by atoms with Crippen LogP contribution in [0.4, 0.5) is 14.5 Å². The van der Waals surface area contributed by atoms with E-state index in [-0.39, 0.29) is 30.9 Å². The van der Waals surface area contributed by atoms with E-state index < -0.39 is 38.4 Å². The molecule has 2 unspecified atom stereocenters. The average molecular weight is 497 g/mol. The second-order valence-corrected chi connectivity index (χ2v) is 12.4. The van der Waals surface area contributed by atoms with Crippen LogP contribution in [-0.4, -0.2) is 65.7 Å². The van der Waals surface area contributed by atoms with Gasteiger partial charge in [0.25, 0.3) is 0 Å². The molecule has 4 rings (SSSR count). The molecular weight excluding hydrogens is 466 g/mol. The van der Waals surface area contributed by atoms with E-state index in [0.717, 1.165) is 4.68 Å². The number of benzene rings is 1. The van der Waals surface area contributed by atoms with Crippen LogP contribution in [0, 0.1) is 5.82 Å². The summed E-state index contributed by atoms with van der Waals surface area (Å²) in [5, 5.41) is 4.23. The van der Waals surface area contributed by atoms with Gasteiger partial charge in [0.15, 0.2) is 0 Å². The van der Waals surface area contributed by atoms with Crippen LogP contribution < -0.4 is 15.2 Å². The Hall–Kier alpha value is -2.53. The average Bonchev–Trinajstić information content (AvgIpc) is 3.19. The molecule has 0 radical (unpaired) electrons. The van der Waals surface area contributed by atoms with Crippen molar-refractivity contribution in [3.05, 3.63) is 46.6 Å². The Balaban J connectivity index is 1.66. The zero-order valence-corrected chi connectivity index (χ0v) is 20.4. The molecule has 1 aromatic heterocycles. The van der Waals surface area contributed by atoms with Crippen molar-refractivity contribution in [1.29, 1.82) is 0 Å². The van der Waals surface area contributed by atoms with Gasteiger partial charge in [0.1, 0.15) is 23.8 Å². The standard InChI is InChI=1S/C23H30F2N4O4S/c1-23(2,3)34(31,32)28-11-9-27(10-12-28)20-15-26-29(18-6-4-5-16(24)13-18)22(30)21(20)33-19-8-7-17(25)14-19/h4-6,13,15,17,19H,7-12,14H2,1-3H3. The smallest absolute Gasteiger partial charge is 0.316 e. The van der Waals surface area contributed by atoms with Gasteiger partial charge in [-0.25, -0.2) is 17.2 Å². The fourth-order valence-corrected chi connectivity index (χ4v) is 5.69. The second-order valence-electron chi connectivity index (χ2n) is 9.71. The zero-order chi connectivity index (χ0) is 24.7. The first-order valence-electron chi connectivity index (χ1n) is 11.4. The number of sulfonamides is 1. The van der Waals surface area contributed by atoms with Gasteiger partial charge in [0, 0.05) is 32.6 Å². The third kappa shape index (κ3) is 4.81. The molecule has 1 aromatic carbocycles.